The van der Waals surface area contributed by atoms with Crippen molar-refractivity contribution in [3.05, 3.63) is 39.2 Å². The van der Waals surface area contributed by atoms with Gasteiger partial charge in [0, 0.05) is 6.07 Å². The van der Waals surface area contributed by atoms with E-state index in [1.807, 2.05) is 13.8 Å². The number of nitrogens with zero attached hydrogens (tertiary/aromatic N) is 3. The molecule has 0 aliphatic rings. The number of nitro benzene ring substituents is 1. The number of hydrogen-bond acceptors (Lipinski definition) is 6. The van der Waals surface area contributed by atoms with Crippen LogP contribution in [0, 0.1) is 16.0 Å². The van der Waals surface area contributed by atoms with Gasteiger partial charge in [-0.2, -0.15) is 4.98 Å². The van der Waals surface area contributed by atoms with Gasteiger partial charge in [-0.3, -0.25) is 10.1 Å². The van der Waals surface area contributed by atoms with Crippen molar-refractivity contribution in [3.63, 3.8) is 0 Å². The minimum absolute atomic E-state index is 0.00611. The van der Waals surface area contributed by atoms with Crippen LogP contribution >= 0.6 is 11.6 Å². The van der Waals surface area contributed by atoms with Crippen molar-refractivity contribution in [3.8, 4) is 11.5 Å². The number of nitro groups is 1. The Labute approximate surface area is 119 Å². The molecule has 1 aromatic heterocycles. The van der Waals surface area contributed by atoms with Crippen molar-refractivity contribution in [2.75, 3.05) is 0 Å². The molecule has 1 aromatic carbocycles. The number of halogens is 1. The fraction of sp³-hybridized carbons (Fsp3) is 0.333. The van der Waals surface area contributed by atoms with Gasteiger partial charge in [0.15, 0.2) is 5.82 Å². The van der Waals surface area contributed by atoms with Gasteiger partial charge in [0.2, 0.25) is 0 Å². The molecule has 0 fully saturated rings. The summed E-state index contributed by atoms with van der Waals surface area (Å²) in [6.45, 7) is 3.83. The van der Waals surface area contributed by atoms with Gasteiger partial charge in [-0.15, -0.1) is 0 Å². The summed E-state index contributed by atoms with van der Waals surface area (Å²) in [6, 6.07) is 3.93. The van der Waals surface area contributed by atoms with E-state index in [9.17, 15) is 10.1 Å². The molecule has 0 radical (unpaired) electrons. The predicted molar refractivity (Wildman–Crippen MR) is 73.2 cm³/mol. The maximum atomic E-state index is 11.0. The van der Waals surface area contributed by atoms with Crippen LogP contribution in [0.25, 0.3) is 11.5 Å². The van der Waals surface area contributed by atoms with Gasteiger partial charge in [-0.1, -0.05) is 36.7 Å². The largest absolute Gasteiger partial charge is 0.334 e. The molecule has 1 heterocycles. The van der Waals surface area contributed by atoms with Crippen molar-refractivity contribution in [1.29, 1.82) is 0 Å². The molecule has 0 amide bonds. The predicted octanol–water partition coefficient (Wildman–Crippen LogP) is 2.95. The van der Waals surface area contributed by atoms with E-state index < -0.39 is 11.0 Å². The number of benzene rings is 1. The van der Waals surface area contributed by atoms with E-state index >= 15 is 0 Å². The van der Waals surface area contributed by atoms with Crippen LogP contribution in [0.5, 0.6) is 0 Å². The quantitative estimate of drug-likeness (QED) is 0.686. The summed E-state index contributed by atoms with van der Waals surface area (Å²) in [5, 5.41) is 15.0. The van der Waals surface area contributed by atoms with Gasteiger partial charge >= 0.3 is 0 Å². The van der Waals surface area contributed by atoms with Crippen LogP contribution in [0.4, 0.5) is 5.69 Å². The van der Waals surface area contributed by atoms with Gasteiger partial charge in [-0.25, -0.2) is 0 Å². The highest BCUT2D eigenvalue weighted by Crippen LogP contribution is 2.35. The van der Waals surface area contributed by atoms with Crippen LogP contribution in [-0.4, -0.2) is 15.1 Å². The fourth-order valence-corrected chi connectivity index (χ4v) is 1.90. The summed E-state index contributed by atoms with van der Waals surface area (Å²) < 4.78 is 5.06. The van der Waals surface area contributed by atoms with E-state index in [4.69, 9.17) is 21.9 Å². The van der Waals surface area contributed by atoms with Gasteiger partial charge in [0.05, 0.1) is 16.0 Å². The Morgan fingerprint density at radius 2 is 2.15 bits per heavy atom. The Bertz CT molecular complexity index is 641. The summed E-state index contributed by atoms with van der Waals surface area (Å²) in [5.74, 6) is 0.402. The number of aromatic nitrogens is 2. The highest BCUT2D eigenvalue weighted by Gasteiger charge is 2.25. The Hall–Kier alpha value is -1.99. The SMILES string of the molecule is CC(C)C(N)c1noc(-c2c(Cl)cccc2[N+](=O)[O-])n1. The Kier molecular flexibility index (Phi) is 4.01. The lowest BCUT2D eigenvalue weighted by atomic mass is 10.1. The molecule has 2 aromatic rings. The van der Waals surface area contributed by atoms with Crippen LogP contribution < -0.4 is 5.73 Å². The van der Waals surface area contributed by atoms with Crippen LogP contribution in [0.15, 0.2) is 22.7 Å². The van der Waals surface area contributed by atoms with E-state index in [-0.39, 0.29) is 28.1 Å². The van der Waals surface area contributed by atoms with Crippen molar-refractivity contribution in [1.82, 2.24) is 10.1 Å². The first-order valence-electron chi connectivity index (χ1n) is 5.94. The van der Waals surface area contributed by atoms with Crippen LogP contribution in [-0.2, 0) is 0 Å². The summed E-state index contributed by atoms with van der Waals surface area (Å²) in [4.78, 5) is 14.6. The minimum Gasteiger partial charge on any atom is -0.334 e. The minimum atomic E-state index is -0.548. The monoisotopic (exact) mass is 296 g/mol. The second-order valence-corrected chi connectivity index (χ2v) is 5.03. The molecule has 0 aliphatic carbocycles. The summed E-state index contributed by atoms with van der Waals surface area (Å²) in [6.07, 6.45) is 0. The maximum Gasteiger partial charge on any atom is 0.283 e. The zero-order valence-electron chi connectivity index (χ0n) is 10.9. The third kappa shape index (κ3) is 2.63. The third-order valence-electron chi connectivity index (χ3n) is 2.86. The zero-order chi connectivity index (χ0) is 14.9. The number of rotatable bonds is 4. The second-order valence-electron chi connectivity index (χ2n) is 4.62. The lowest BCUT2D eigenvalue weighted by Gasteiger charge is -2.09. The lowest BCUT2D eigenvalue weighted by molar-refractivity contribution is -0.384. The Morgan fingerprint density at radius 1 is 1.45 bits per heavy atom. The molecule has 1 atom stereocenters. The Balaban J connectivity index is 2.50. The van der Waals surface area contributed by atoms with Crippen molar-refractivity contribution in [2.24, 2.45) is 11.7 Å². The number of hydrogen-bond donors (Lipinski definition) is 1. The van der Waals surface area contributed by atoms with E-state index in [1.165, 1.54) is 18.2 Å². The normalized spacial score (nSPS) is 12.7. The third-order valence-corrected chi connectivity index (χ3v) is 3.18. The molecular weight excluding hydrogens is 284 g/mol. The molecule has 106 valence electrons. The molecule has 8 heteroatoms. The topological polar surface area (TPSA) is 108 Å². The van der Waals surface area contributed by atoms with Crippen molar-refractivity contribution in [2.45, 2.75) is 19.9 Å². The van der Waals surface area contributed by atoms with Crippen LogP contribution in [0.1, 0.15) is 25.7 Å². The second kappa shape index (κ2) is 5.56. The highest BCUT2D eigenvalue weighted by atomic mass is 35.5. The molecular formula is C12H13ClN4O3. The molecule has 7 nitrogen and oxygen atoms in total. The number of nitrogens with two attached hydrogens (primary N) is 1. The van der Waals surface area contributed by atoms with E-state index in [0.717, 1.165) is 0 Å². The van der Waals surface area contributed by atoms with Gasteiger partial charge in [-0.05, 0) is 12.0 Å². The molecule has 0 bridgehead atoms. The zero-order valence-corrected chi connectivity index (χ0v) is 11.7. The molecule has 0 saturated heterocycles. The molecule has 0 spiro atoms. The van der Waals surface area contributed by atoms with Gasteiger partial charge < -0.3 is 10.3 Å². The van der Waals surface area contributed by atoms with Gasteiger partial charge in [0.1, 0.15) is 5.56 Å². The first kappa shape index (κ1) is 14.4. The average molecular weight is 297 g/mol. The van der Waals surface area contributed by atoms with E-state index in [0.29, 0.717) is 5.82 Å². The first-order chi connectivity index (χ1) is 9.41. The molecule has 2 N–H and O–H groups in total. The molecule has 0 aliphatic heterocycles. The van der Waals surface area contributed by atoms with E-state index in [2.05, 4.69) is 10.1 Å². The van der Waals surface area contributed by atoms with Crippen LogP contribution in [0.3, 0.4) is 0 Å². The van der Waals surface area contributed by atoms with Crippen molar-refractivity contribution < 1.29 is 9.45 Å². The average Bonchev–Trinajstić information content (AvgIpc) is 2.86. The lowest BCUT2D eigenvalue weighted by Crippen LogP contribution is -2.18. The molecule has 2 rings (SSSR count). The standard InChI is InChI=1S/C12H13ClN4O3/c1-6(2)10(14)11-15-12(20-16-11)9-7(13)4-3-5-8(9)17(18)19/h3-6,10H,14H2,1-2H3. The van der Waals surface area contributed by atoms with Crippen molar-refractivity contribution >= 4 is 17.3 Å². The molecule has 20 heavy (non-hydrogen) atoms. The maximum absolute atomic E-state index is 11.0. The Morgan fingerprint density at radius 3 is 2.75 bits per heavy atom. The summed E-state index contributed by atoms with van der Waals surface area (Å²) in [5.41, 5.74) is 5.83. The first-order valence-corrected chi connectivity index (χ1v) is 6.32. The van der Waals surface area contributed by atoms with Crippen LogP contribution in [0.2, 0.25) is 5.02 Å². The molecule has 0 saturated carbocycles. The summed E-state index contributed by atoms with van der Waals surface area (Å²) >= 11 is 6.00. The van der Waals surface area contributed by atoms with Gasteiger partial charge in [0.25, 0.3) is 11.6 Å². The smallest absolute Gasteiger partial charge is 0.283 e. The summed E-state index contributed by atoms with van der Waals surface area (Å²) in [7, 11) is 0. The fourth-order valence-electron chi connectivity index (χ4n) is 1.65. The highest BCUT2D eigenvalue weighted by molar-refractivity contribution is 6.33. The van der Waals surface area contributed by atoms with E-state index in [1.54, 1.807) is 0 Å². The molecule has 1 unspecified atom stereocenters.